The average Bonchev–Trinajstić information content (AvgIpc) is 3.29. The Hall–Kier alpha value is -2.73. The van der Waals surface area contributed by atoms with Crippen molar-refractivity contribution in [2.45, 2.75) is 38.8 Å². The van der Waals surface area contributed by atoms with Crippen LogP contribution in [0.15, 0.2) is 36.4 Å². The minimum Gasteiger partial charge on any atom is -0.493 e. The standard InChI is InChI=1S/C24H32N2O4/c1-28-21-14-20(15-22(29-2)24(21)30-3)10-11-23(27)25-16-18-6-8-19(9-7-18)17-26-12-4-5-13-26/h6-9,14-15H,4-5,10-13,16-17H2,1-3H3,(H,25,27)/p+1. The van der Waals surface area contributed by atoms with Crippen molar-refractivity contribution >= 4 is 5.91 Å². The number of carbonyl (C=O) groups is 1. The van der Waals surface area contributed by atoms with Gasteiger partial charge in [-0.15, -0.1) is 0 Å². The number of likely N-dealkylation sites (tertiary alicyclic amines) is 1. The van der Waals surface area contributed by atoms with Crippen molar-refractivity contribution in [2.24, 2.45) is 0 Å². The Balaban J connectivity index is 1.48. The lowest BCUT2D eigenvalue weighted by Gasteiger charge is -2.14. The van der Waals surface area contributed by atoms with Gasteiger partial charge >= 0.3 is 0 Å². The van der Waals surface area contributed by atoms with Gasteiger partial charge in [-0.3, -0.25) is 4.79 Å². The van der Waals surface area contributed by atoms with Gasteiger partial charge in [0.2, 0.25) is 11.7 Å². The van der Waals surface area contributed by atoms with Crippen molar-refractivity contribution in [2.75, 3.05) is 34.4 Å². The number of quaternary nitrogens is 1. The number of carbonyl (C=O) groups excluding carboxylic acids is 1. The third kappa shape index (κ3) is 5.89. The van der Waals surface area contributed by atoms with Crippen LogP contribution >= 0.6 is 0 Å². The first kappa shape index (κ1) is 22.0. The summed E-state index contributed by atoms with van der Waals surface area (Å²) in [4.78, 5) is 14.0. The molecular weight excluding hydrogens is 380 g/mol. The summed E-state index contributed by atoms with van der Waals surface area (Å²) in [6.07, 6.45) is 3.68. The first-order valence-corrected chi connectivity index (χ1v) is 10.6. The number of rotatable bonds is 10. The van der Waals surface area contributed by atoms with Gasteiger partial charge in [-0.05, 0) is 29.7 Å². The van der Waals surface area contributed by atoms with Gasteiger partial charge in [0.05, 0.1) is 34.4 Å². The Morgan fingerprint density at radius 2 is 1.50 bits per heavy atom. The Labute approximate surface area is 179 Å². The van der Waals surface area contributed by atoms with E-state index in [0.29, 0.717) is 36.6 Å². The third-order valence-corrected chi connectivity index (χ3v) is 5.64. The molecule has 6 heteroatoms. The van der Waals surface area contributed by atoms with E-state index in [1.165, 1.54) is 31.5 Å². The largest absolute Gasteiger partial charge is 0.493 e. The number of methoxy groups -OCH3 is 3. The molecule has 1 aliphatic rings. The predicted molar refractivity (Wildman–Crippen MR) is 116 cm³/mol. The summed E-state index contributed by atoms with van der Waals surface area (Å²) >= 11 is 0. The number of ether oxygens (including phenoxy) is 3. The zero-order valence-electron chi connectivity index (χ0n) is 18.3. The van der Waals surface area contributed by atoms with E-state index in [-0.39, 0.29) is 5.91 Å². The molecule has 162 valence electrons. The molecule has 3 rings (SSSR count). The van der Waals surface area contributed by atoms with E-state index < -0.39 is 0 Å². The molecule has 0 spiro atoms. The van der Waals surface area contributed by atoms with Gasteiger partial charge in [0.25, 0.3) is 0 Å². The van der Waals surface area contributed by atoms with Crippen molar-refractivity contribution in [3.63, 3.8) is 0 Å². The fourth-order valence-corrected chi connectivity index (χ4v) is 3.94. The van der Waals surface area contributed by atoms with Gasteiger partial charge in [0, 0.05) is 31.4 Å². The average molecular weight is 414 g/mol. The fraction of sp³-hybridized carbons (Fsp3) is 0.458. The molecular formula is C24H33N2O4+. The smallest absolute Gasteiger partial charge is 0.220 e. The molecule has 2 aromatic carbocycles. The second-order valence-electron chi connectivity index (χ2n) is 7.76. The number of hydrogen-bond acceptors (Lipinski definition) is 4. The summed E-state index contributed by atoms with van der Waals surface area (Å²) < 4.78 is 16.1. The third-order valence-electron chi connectivity index (χ3n) is 5.64. The number of benzene rings is 2. The molecule has 1 aliphatic heterocycles. The minimum absolute atomic E-state index is 0.0225. The van der Waals surface area contributed by atoms with Crippen molar-refractivity contribution < 1.29 is 23.9 Å². The van der Waals surface area contributed by atoms with Crippen molar-refractivity contribution in [1.29, 1.82) is 0 Å². The number of aryl methyl sites for hydroxylation is 1. The Kier molecular flexibility index (Phi) is 7.97. The maximum atomic E-state index is 12.3. The van der Waals surface area contributed by atoms with E-state index >= 15 is 0 Å². The van der Waals surface area contributed by atoms with Crippen LogP contribution < -0.4 is 24.4 Å². The lowest BCUT2D eigenvalue weighted by Crippen LogP contribution is -3.08. The van der Waals surface area contributed by atoms with Gasteiger partial charge in [-0.25, -0.2) is 0 Å². The summed E-state index contributed by atoms with van der Waals surface area (Å²) in [7, 11) is 4.75. The lowest BCUT2D eigenvalue weighted by molar-refractivity contribution is -0.901. The van der Waals surface area contributed by atoms with Gasteiger partial charge in [-0.1, -0.05) is 24.3 Å². The molecule has 1 heterocycles. The highest BCUT2D eigenvalue weighted by Gasteiger charge is 2.16. The van der Waals surface area contributed by atoms with E-state index in [2.05, 4.69) is 29.6 Å². The van der Waals surface area contributed by atoms with Crippen LogP contribution in [0.4, 0.5) is 0 Å². The predicted octanol–water partition coefficient (Wildman–Crippen LogP) is 2.14. The summed E-state index contributed by atoms with van der Waals surface area (Å²) in [5.74, 6) is 1.78. The van der Waals surface area contributed by atoms with E-state index in [1.807, 2.05) is 12.1 Å². The number of nitrogens with one attached hydrogen (secondary N) is 2. The molecule has 0 aliphatic carbocycles. The van der Waals surface area contributed by atoms with Crippen LogP contribution in [0, 0.1) is 0 Å². The fourth-order valence-electron chi connectivity index (χ4n) is 3.94. The van der Waals surface area contributed by atoms with Crippen LogP contribution in [-0.4, -0.2) is 40.3 Å². The molecule has 0 radical (unpaired) electrons. The lowest BCUT2D eigenvalue weighted by atomic mass is 10.1. The van der Waals surface area contributed by atoms with Gasteiger partial charge in [0.1, 0.15) is 6.54 Å². The molecule has 6 nitrogen and oxygen atoms in total. The Morgan fingerprint density at radius 3 is 2.07 bits per heavy atom. The minimum atomic E-state index is 0.0225. The normalized spacial score (nSPS) is 13.8. The first-order valence-electron chi connectivity index (χ1n) is 10.6. The number of amides is 1. The SMILES string of the molecule is COc1cc(CCC(=O)NCc2ccc(C[NH+]3CCCC3)cc2)cc(OC)c1OC. The monoisotopic (exact) mass is 413 g/mol. The highest BCUT2D eigenvalue weighted by molar-refractivity contribution is 5.76. The Morgan fingerprint density at radius 1 is 0.900 bits per heavy atom. The molecule has 30 heavy (non-hydrogen) atoms. The molecule has 1 saturated heterocycles. The topological polar surface area (TPSA) is 61.2 Å². The van der Waals surface area contributed by atoms with Gasteiger partial charge < -0.3 is 24.4 Å². The summed E-state index contributed by atoms with van der Waals surface area (Å²) in [6.45, 7) is 4.21. The van der Waals surface area contributed by atoms with Crippen molar-refractivity contribution in [3.05, 3.63) is 53.1 Å². The van der Waals surface area contributed by atoms with Crippen LogP contribution in [0.25, 0.3) is 0 Å². The quantitative estimate of drug-likeness (QED) is 0.627. The molecule has 0 bridgehead atoms. The second-order valence-corrected chi connectivity index (χ2v) is 7.76. The highest BCUT2D eigenvalue weighted by atomic mass is 16.5. The molecule has 0 atom stereocenters. The van der Waals surface area contributed by atoms with Gasteiger partial charge in [-0.2, -0.15) is 0 Å². The molecule has 2 N–H and O–H groups in total. The van der Waals surface area contributed by atoms with E-state index in [1.54, 1.807) is 26.2 Å². The molecule has 1 fully saturated rings. The highest BCUT2D eigenvalue weighted by Crippen LogP contribution is 2.38. The van der Waals surface area contributed by atoms with Crippen LogP contribution in [0.5, 0.6) is 17.2 Å². The molecule has 1 amide bonds. The summed E-state index contributed by atoms with van der Waals surface area (Å²) in [5, 5.41) is 3.01. The van der Waals surface area contributed by atoms with Crippen molar-refractivity contribution in [3.8, 4) is 17.2 Å². The van der Waals surface area contributed by atoms with Crippen LogP contribution in [0.2, 0.25) is 0 Å². The molecule has 2 aromatic rings. The van der Waals surface area contributed by atoms with E-state index in [0.717, 1.165) is 17.7 Å². The maximum Gasteiger partial charge on any atom is 0.220 e. The molecule has 0 saturated carbocycles. The van der Waals surface area contributed by atoms with Crippen LogP contribution in [-0.2, 0) is 24.3 Å². The van der Waals surface area contributed by atoms with E-state index in [9.17, 15) is 4.79 Å². The van der Waals surface area contributed by atoms with Crippen LogP contribution in [0.3, 0.4) is 0 Å². The molecule has 0 unspecified atom stereocenters. The zero-order valence-corrected chi connectivity index (χ0v) is 18.3. The van der Waals surface area contributed by atoms with Crippen LogP contribution in [0.1, 0.15) is 36.0 Å². The van der Waals surface area contributed by atoms with Crippen molar-refractivity contribution in [1.82, 2.24) is 5.32 Å². The summed E-state index contributed by atoms with van der Waals surface area (Å²) in [6, 6.07) is 12.4. The molecule has 0 aromatic heterocycles. The number of hydrogen-bond donors (Lipinski definition) is 2. The maximum absolute atomic E-state index is 12.3. The van der Waals surface area contributed by atoms with E-state index in [4.69, 9.17) is 14.2 Å². The second kappa shape index (κ2) is 10.9. The zero-order chi connectivity index (χ0) is 21.3. The first-order chi connectivity index (χ1) is 14.6. The Bertz CT molecular complexity index is 805. The van der Waals surface area contributed by atoms with Gasteiger partial charge in [0.15, 0.2) is 11.5 Å². The summed E-state index contributed by atoms with van der Waals surface area (Å²) in [5.41, 5.74) is 3.45.